The number of guanidine groups is 1. The van der Waals surface area contributed by atoms with Crippen molar-refractivity contribution in [3.05, 3.63) is 29.8 Å². The fourth-order valence-electron chi connectivity index (χ4n) is 2.84. The molecule has 7 nitrogen and oxygen atoms in total. The van der Waals surface area contributed by atoms with Gasteiger partial charge in [-0.25, -0.2) is 13.1 Å². The lowest BCUT2D eigenvalue weighted by atomic mass is 10.0. The number of hydrogen-bond donors (Lipinski definition) is 3. The average molecular weight is 538 g/mol. The summed E-state index contributed by atoms with van der Waals surface area (Å²) >= 11 is 0. The van der Waals surface area contributed by atoms with Gasteiger partial charge in [-0.3, -0.25) is 4.99 Å². The predicted molar refractivity (Wildman–Crippen MR) is 128 cm³/mol. The summed E-state index contributed by atoms with van der Waals surface area (Å²) in [6.45, 7) is 8.40. The molecule has 1 aliphatic carbocycles. The van der Waals surface area contributed by atoms with Crippen molar-refractivity contribution < 1.29 is 13.2 Å². The number of halogens is 1. The van der Waals surface area contributed by atoms with Gasteiger partial charge in [-0.2, -0.15) is 0 Å². The molecule has 0 amide bonds. The third-order valence-electron chi connectivity index (χ3n) is 4.66. The minimum absolute atomic E-state index is 0. The van der Waals surface area contributed by atoms with Crippen LogP contribution < -0.4 is 15.4 Å². The molecule has 1 fully saturated rings. The largest absolute Gasteiger partial charge is 0.378 e. The van der Waals surface area contributed by atoms with Crippen LogP contribution in [0.1, 0.15) is 45.6 Å². The molecule has 0 spiro atoms. The summed E-state index contributed by atoms with van der Waals surface area (Å²) in [5.41, 5.74) is 0.989. The molecule has 3 N–H and O–H groups in total. The Bertz CT molecular complexity index is 735. The van der Waals surface area contributed by atoms with E-state index in [9.17, 15) is 8.42 Å². The molecule has 1 aliphatic rings. The van der Waals surface area contributed by atoms with Gasteiger partial charge in [0.05, 0.1) is 11.0 Å². The quantitative estimate of drug-likeness (QED) is 0.229. The number of ether oxygens (including phenoxy) is 1. The molecule has 29 heavy (non-hydrogen) atoms. The first kappa shape index (κ1) is 26.1. The first-order valence-corrected chi connectivity index (χ1v) is 11.5. The van der Waals surface area contributed by atoms with E-state index in [1.54, 1.807) is 19.2 Å². The van der Waals surface area contributed by atoms with E-state index < -0.39 is 10.0 Å². The fraction of sp³-hybridized carbons (Fsp3) is 0.650. The molecular weight excluding hydrogens is 503 g/mol. The lowest BCUT2D eigenvalue weighted by Gasteiger charge is -2.21. The Balaban J connectivity index is 0.00000420. The maximum Gasteiger partial charge on any atom is 0.240 e. The molecular formula is C20H35IN4O3S. The van der Waals surface area contributed by atoms with Crippen molar-refractivity contribution in [1.29, 1.82) is 0 Å². The summed E-state index contributed by atoms with van der Waals surface area (Å²) < 4.78 is 32.9. The first-order chi connectivity index (χ1) is 13.4. The van der Waals surface area contributed by atoms with Crippen LogP contribution in [0.2, 0.25) is 0 Å². The molecule has 1 aromatic carbocycles. The summed E-state index contributed by atoms with van der Waals surface area (Å²) in [5, 5.41) is 6.55. The Morgan fingerprint density at radius 1 is 1.21 bits per heavy atom. The van der Waals surface area contributed by atoms with Crippen molar-refractivity contribution in [1.82, 2.24) is 15.4 Å². The van der Waals surface area contributed by atoms with Crippen LogP contribution in [-0.4, -0.2) is 46.7 Å². The normalized spacial score (nSPS) is 15.7. The zero-order valence-electron chi connectivity index (χ0n) is 17.8. The summed E-state index contributed by atoms with van der Waals surface area (Å²) in [4.78, 5) is 4.54. The van der Waals surface area contributed by atoms with Gasteiger partial charge in [-0.05, 0) is 49.8 Å². The Labute approximate surface area is 192 Å². The van der Waals surface area contributed by atoms with Crippen molar-refractivity contribution in [2.24, 2.45) is 10.9 Å². The van der Waals surface area contributed by atoms with Gasteiger partial charge >= 0.3 is 0 Å². The Hall–Kier alpha value is -0.910. The number of rotatable bonds is 11. The lowest BCUT2D eigenvalue weighted by molar-refractivity contribution is 0.0258. The highest BCUT2D eigenvalue weighted by atomic mass is 127. The molecule has 166 valence electrons. The van der Waals surface area contributed by atoms with Crippen LogP contribution >= 0.6 is 24.0 Å². The maximum absolute atomic E-state index is 12.2. The highest BCUT2D eigenvalue weighted by Gasteiger charge is 2.27. The van der Waals surface area contributed by atoms with Crippen LogP contribution in [0.25, 0.3) is 0 Å². The van der Waals surface area contributed by atoms with Crippen molar-refractivity contribution >= 4 is 40.0 Å². The highest BCUT2D eigenvalue weighted by Crippen LogP contribution is 2.22. The smallest absolute Gasteiger partial charge is 0.240 e. The maximum atomic E-state index is 12.2. The van der Waals surface area contributed by atoms with Crippen molar-refractivity contribution in [2.45, 2.75) is 63.6 Å². The average Bonchev–Trinajstić information content (AvgIpc) is 3.47. The zero-order chi connectivity index (χ0) is 20.6. The number of hydrogen-bond acceptors (Lipinski definition) is 4. The van der Waals surface area contributed by atoms with Crippen molar-refractivity contribution in [2.75, 3.05) is 20.2 Å². The second-order valence-electron chi connectivity index (χ2n) is 7.42. The highest BCUT2D eigenvalue weighted by molar-refractivity contribution is 14.0. The molecule has 1 aromatic rings. The lowest BCUT2D eigenvalue weighted by Crippen LogP contribution is -2.38. The Morgan fingerprint density at radius 3 is 2.38 bits per heavy atom. The zero-order valence-corrected chi connectivity index (χ0v) is 20.9. The third kappa shape index (κ3) is 9.18. The standard InChI is InChI=1S/C20H34N4O3S.HI/c1-5-27-19(15(2)3)12-13-22-20(21-4)23-14-16-6-10-18(11-7-16)28(25,26)24-17-8-9-17;/h6-7,10-11,15,17,19,24H,5,8-9,12-14H2,1-4H3,(H2,21,22,23);1H. The third-order valence-corrected chi connectivity index (χ3v) is 6.20. The van der Waals surface area contributed by atoms with E-state index in [4.69, 9.17) is 4.74 Å². The molecule has 0 bridgehead atoms. The van der Waals surface area contributed by atoms with Crippen molar-refractivity contribution in [3.8, 4) is 0 Å². The summed E-state index contributed by atoms with van der Waals surface area (Å²) in [5.74, 6) is 1.19. The van der Waals surface area contributed by atoms with E-state index in [-0.39, 0.29) is 36.1 Å². The van der Waals surface area contributed by atoms with Gasteiger partial charge in [0.15, 0.2) is 5.96 Å². The van der Waals surface area contributed by atoms with Gasteiger partial charge in [0.1, 0.15) is 0 Å². The second kappa shape index (κ2) is 12.7. The summed E-state index contributed by atoms with van der Waals surface area (Å²) in [6.07, 6.45) is 2.99. The minimum Gasteiger partial charge on any atom is -0.378 e. The monoisotopic (exact) mass is 538 g/mol. The van der Waals surface area contributed by atoms with E-state index in [0.717, 1.165) is 38.0 Å². The molecule has 1 unspecified atom stereocenters. The fourth-order valence-corrected chi connectivity index (χ4v) is 4.14. The van der Waals surface area contributed by atoms with Crippen LogP contribution in [0.5, 0.6) is 0 Å². The van der Waals surface area contributed by atoms with Gasteiger partial charge in [0.2, 0.25) is 10.0 Å². The number of benzene rings is 1. The van der Waals surface area contributed by atoms with Crippen LogP contribution in [-0.2, 0) is 21.3 Å². The molecule has 2 rings (SSSR count). The molecule has 1 atom stereocenters. The van der Waals surface area contributed by atoms with Gasteiger partial charge in [-0.15, -0.1) is 24.0 Å². The second-order valence-corrected chi connectivity index (χ2v) is 9.13. The SMILES string of the molecule is CCOC(CCNC(=NC)NCc1ccc(S(=O)(=O)NC2CC2)cc1)C(C)C.I. The van der Waals surface area contributed by atoms with Gasteiger partial charge < -0.3 is 15.4 Å². The van der Waals surface area contributed by atoms with Crippen LogP contribution in [0.15, 0.2) is 34.2 Å². The van der Waals surface area contributed by atoms with E-state index >= 15 is 0 Å². The van der Waals surface area contributed by atoms with Gasteiger partial charge in [-0.1, -0.05) is 26.0 Å². The Morgan fingerprint density at radius 2 is 1.86 bits per heavy atom. The molecule has 0 radical (unpaired) electrons. The number of nitrogens with one attached hydrogen (secondary N) is 3. The first-order valence-electron chi connectivity index (χ1n) is 10.0. The topological polar surface area (TPSA) is 91.8 Å². The molecule has 0 aliphatic heterocycles. The summed E-state index contributed by atoms with van der Waals surface area (Å²) in [6, 6.07) is 7.05. The molecule has 0 saturated heterocycles. The van der Waals surface area contributed by atoms with E-state index in [0.29, 0.717) is 23.3 Å². The van der Waals surface area contributed by atoms with Crippen molar-refractivity contribution in [3.63, 3.8) is 0 Å². The van der Waals surface area contributed by atoms with Crippen LogP contribution in [0.3, 0.4) is 0 Å². The minimum atomic E-state index is -3.40. The molecule has 0 aromatic heterocycles. The predicted octanol–water partition coefficient (Wildman–Crippen LogP) is 2.86. The van der Waals surface area contributed by atoms with Crippen LogP contribution in [0, 0.1) is 5.92 Å². The van der Waals surface area contributed by atoms with E-state index in [1.165, 1.54) is 0 Å². The summed E-state index contributed by atoms with van der Waals surface area (Å²) in [7, 11) is -1.67. The number of nitrogens with zero attached hydrogens (tertiary/aromatic N) is 1. The number of sulfonamides is 1. The van der Waals surface area contributed by atoms with Gasteiger partial charge in [0, 0.05) is 32.8 Å². The molecule has 0 heterocycles. The Kier molecular flexibility index (Phi) is 11.4. The van der Waals surface area contributed by atoms with Gasteiger partial charge in [0.25, 0.3) is 0 Å². The molecule has 1 saturated carbocycles. The molecule has 9 heteroatoms. The van der Waals surface area contributed by atoms with Crippen LogP contribution in [0.4, 0.5) is 0 Å². The number of aliphatic imine (C=N–C) groups is 1. The van der Waals surface area contributed by atoms with E-state index in [1.807, 2.05) is 19.1 Å². The van der Waals surface area contributed by atoms with E-state index in [2.05, 4.69) is 34.2 Å².